The van der Waals surface area contributed by atoms with E-state index in [0.29, 0.717) is 29.0 Å². The second-order valence-corrected chi connectivity index (χ2v) is 7.47. The Bertz CT molecular complexity index is 488. The van der Waals surface area contributed by atoms with Crippen LogP contribution in [0, 0.1) is 23.7 Å². The van der Waals surface area contributed by atoms with Gasteiger partial charge in [-0.1, -0.05) is 44.2 Å². The van der Waals surface area contributed by atoms with E-state index in [1.54, 1.807) is 6.92 Å². The van der Waals surface area contributed by atoms with Crippen LogP contribution in [-0.2, 0) is 10.2 Å². The lowest BCUT2D eigenvalue weighted by Gasteiger charge is -2.53. The molecule has 2 saturated carbocycles. The van der Waals surface area contributed by atoms with Gasteiger partial charge >= 0.3 is 0 Å². The second kappa shape index (κ2) is 5.02. The summed E-state index contributed by atoms with van der Waals surface area (Å²) in [6.45, 7) is 6.47. The van der Waals surface area contributed by atoms with Gasteiger partial charge in [-0.05, 0) is 61.3 Å². The molecule has 0 N–H and O–H groups in total. The lowest BCUT2D eigenvalue weighted by Crippen LogP contribution is -2.48. The van der Waals surface area contributed by atoms with Crippen molar-refractivity contribution in [3.8, 4) is 0 Å². The third-order valence-electron chi connectivity index (χ3n) is 5.79. The van der Waals surface area contributed by atoms with Gasteiger partial charge in [0.2, 0.25) is 0 Å². The summed E-state index contributed by atoms with van der Waals surface area (Å²) in [5, 5.41) is 0. The van der Waals surface area contributed by atoms with Gasteiger partial charge in [-0.25, -0.2) is 0 Å². The van der Waals surface area contributed by atoms with Gasteiger partial charge in [-0.15, -0.1) is 0 Å². The molecule has 1 aromatic carbocycles. The molecule has 0 amide bonds. The van der Waals surface area contributed by atoms with E-state index in [0.717, 1.165) is 5.92 Å². The van der Waals surface area contributed by atoms with Crippen molar-refractivity contribution in [2.45, 2.75) is 51.9 Å². The van der Waals surface area contributed by atoms with E-state index in [1.165, 1.54) is 31.2 Å². The van der Waals surface area contributed by atoms with E-state index >= 15 is 0 Å². The highest BCUT2D eigenvalue weighted by atomic mass is 16.1. The fraction of sp³-hybridized carbons (Fsp3) is 0.632. The van der Waals surface area contributed by atoms with E-state index in [1.807, 2.05) is 0 Å². The van der Waals surface area contributed by atoms with Gasteiger partial charge in [0.1, 0.15) is 5.78 Å². The summed E-state index contributed by atoms with van der Waals surface area (Å²) in [4.78, 5) is 12.1. The standard InChI is InChI=1S/C19H26O/c1-13-9-16-12-19(10-13,17-7-5-4-6-8-17)11-14(2)18(16)15(3)20/h4-8,13-14,16,18H,9-12H2,1-3H3. The van der Waals surface area contributed by atoms with E-state index in [4.69, 9.17) is 0 Å². The van der Waals surface area contributed by atoms with Gasteiger partial charge in [0.15, 0.2) is 0 Å². The molecule has 20 heavy (non-hydrogen) atoms. The van der Waals surface area contributed by atoms with Crippen molar-refractivity contribution in [1.82, 2.24) is 0 Å². The van der Waals surface area contributed by atoms with E-state index < -0.39 is 0 Å². The van der Waals surface area contributed by atoms with Crippen LogP contribution in [0.25, 0.3) is 0 Å². The largest absolute Gasteiger partial charge is 0.300 e. The van der Waals surface area contributed by atoms with Crippen LogP contribution in [-0.4, -0.2) is 5.78 Å². The Morgan fingerprint density at radius 2 is 1.80 bits per heavy atom. The first kappa shape index (κ1) is 13.9. The maximum Gasteiger partial charge on any atom is 0.133 e. The summed E-state index contributed by atoms with van der Waals surface area (Å²) in [6.07, 6.45) is 4.93. The highest BCUT2D eigenvalue weighted by Gasteiger charge is 2.50. The fourth-order valence-corrected chi connectivity index (χ4v) is 5.46. The lowest BCUT2D eigenvalue weighted by atomic mass is 9.51. The molecule has 2 fully saturated rings. The molecule has 0 spiro atoms. The number of hydrogen-bond acceptors (Lipinski definition) is 1. The molecule has 5 unspecified atom stereocenters. The van der Waals surface area contributed by atoms with Crippen LogP contribution in [0.5, 0.6) is 0 Å². The molecule has 2 bridgehead atoms. The van der Waals surface area contributed by atoms with Crippen LogP contribution < -0.4 is 0 Å². The van der Waals surface area contributed by atoms with Gasteiger partial charge in [0.25, 0.3) is 0 Å². The summed E-state index contributed by atoms with van der Waals surface area (Å²) in [7, 11) is 0. The fourth-order valence-electron chi connectivity index (χ4n) is 5.46. The van der Waals surface area contributed by atoms with Crippen molar-refractivity contribution in [3.63, 3.8) is 0 Å². The number of ketones is 1. The number of carbonyl (C=O) groups is 1. The Kier molecular flexibility index (Phi) is 3.48. The first-order chi connectivity index (χ1) is 9.52. The Hall–Kier alpha value is -1.11. The zero-order valence-corrected chi connectivity index (χ0v) is 12.9. The van der Waals surface area contributed by atoms with Crippen molar-refractivity contribution in [2.24, 2.45) is 23.7 Å². The van der Waals surface area contributed by atoms with Gasteiger partial charge < -0.3 is 0 Å². The molecule has 1 aromatic rings. The SMILES string of the molecule is CC(=O)C1C(C)CC2(c3ccccc3)CC(C)CC1C2. The van der Waals surface area contributed by atoms with Crippen LogP contribution in [0.1, 0.15) is 52.0 Å². The molecule has 5 atom stereocenters. The van der Waals surface area contributed by atoms with E-state index in [-0.39, 0.29) is 0 Å². The number of Topliss-reactive ketones (excluding diaryl/α,β-unsaturated/α-hetero) is 1. The first-order valence-corrected chi connectivity index (χ1v) is 8.08. The quantitative estimate of drug-likeness (QED) is 0.767. The van der Waals surface area contributed by atoms with Crippen molar-refractivity contribution in [1.29, 1.82) is 0 Å². The average molecular weight is 270 g/mol. The summed E-state index contributed by atoms with van der Waals surface area (Å²) in [6, 6.07) is 11.0. The van der Waals surface area contributed by atoms with Crippen LogP contribution >= 0.6 is 0 Å². The molecule has 1 nitrogen and oxygen atoms in total. The molecule has 0 radical (unpaired) electrons. The van der Waals surface area contributed by atoms with Crippen molar-refractivity contribution in [3.05, 3.63) is 35.9 Å². The molecular formula is C19H26O. The van der Waals surface area contributed by atoms with Gasteiger partial charge in [-0.3, -0.25) is 4.79 Å². The van der Waals surface area contributed by atoms with Gasteiger partial charge in [0, 0.05) is 5.92 Å². The van der Waals surface area contributed by atoms with Gasteiger partial charge in [-0.2, -0.15) is 0 Å². The van der Waals surface area contributed by atoms with Crippen LogP contribution in [0.15, 0.2) is 30.3 Å². The van der Waals surface area contributed by atoms with E-state index in [9.17, 15) is 4.79 Å². The molecule has 0 saturated heterocycles. The highest BCUT2D eigenvalue weighted by Crippen LogP contribution is 2.56. The summed E-state index contributed by atoms with van der Waals surface area (Å²) < 4.78 is 0. The van der Waals surface area contributed by atoms with Crippen molar-refractivity contribution in [2.75, 3.05) is 0 Å². The maximum absolute atomic E-state index is 12.1. The number of hydrogen-bond donors (Lipinski definition) is 0. The Morgan fingerprint density at radius 3 is 2.45 bits per heavy atom. The molecule has 0 aliphatic heterocycles. The molecule has 3 rings (SSSR count). The Labute approximate surface area is 122 Å². The third-order valence-corrected chi connectivity index (χ3v) is 5.79. The topological polar surface area (TPSA) is 17.1 Å². The zero-order valence-electron chi connectivity index (χ0n) is 12.9. The minimum Gasteiger partial charge on any atom is -0.300 e. The van der Waals surface area contributed by atoms with Crippen LogP contribution in [0.2, 0.25) is 0 Å². The monoisotopic (exact) mass is 270 g/mol. The van der Waals surface area contributed by atoms with Crippen LogP contribution in [0.3, 0.4) is 0 Å². The molecule has 108 valence electrons. The summed E-state index contributed by atoms with van der Waals surface area (Å²) in [5.74, 6) is 2.58. The smallest absolute Gasteiger partial charge is 0.133 e. The summed E-state index contributed by atoms with van der Waals surface area (Å²) in [5.41, 5.74) is 1.83. The zero-order chi connectivity index (χ0) is 14.3. The predicted octanol–water partition coefficient (Wildman–Crippen LogP) is 4.61. The van der Waals surface area contributed by atoms with Crippen LogP contribution in [0.4, 0.5) is 0 Å². The normalized spacial score (nSPS) is 40.4. The number of carbonyl (C=O) groups excluding carboxylic acids is 1. The summed E-state index contributed by atoms with van der Waals surface area (Å²) >= 11 is 0. The first-order valence-electron chi connectivity index (χ1n) is 8.08. The average Bonchev–Trinajstić information content (AvgIpc) is 2.37. The number of benzene rings is 1. The van der Waals surface area contributed by atoms with Gasteiger partial charge in [0.05, 0.1) is 0 Å². The highest BCUT2D eigenvalue weighted by molar-refractivity contribution is 5.79. The minimum atomic E-state index is 0.301. The minimum absolute atomic E-state index is 0.301. The maximum atomic E-state index is 12.1. The second-order valence-electron chi connectivity index (χ2n) is 7.47. The molecule has 2 aliphatic rings. The molecule has 2 aliphatic carbocycles. The predicted molar refractivity (Wildman–Crippen MR) is 82.6 cm³/mol. The molecule has 1 heteroatoms. The Balaban J connectivity index is 1.99. The van der Waals surface area contributed by atoms with Crippen molar-refractivity contribution < 1.29 is 4.79 Å². The number of fused-ring (bicyclic) bond motifs is 2. The van der Waals surface area contributed by atoms with Crippen molar-refractivity contribution >= 4 is 5.78 Å². The molecule has 0 aromatic heterocycles. The number of rotatable bonds is 2. The van der Waals surface area contributed by atoms with E-state index in [2.05, 4.69) is 44.2 Å². The Morgan fingerprint density at radius 1 is 1.10 bits per heavy atom. The third kappa shape index (κ3) is 2.21. The lowest BCUT2D eigenvalue weighted by molar-refractivity contribution is -0.128. The molecular weight excluding hydrogens is 244 g/mol. The molecule has 0 heterocycles.